The minimum atomic E-state index is -0.836. The average molecular weight is 527 g/mol. The maximum absolute atomic E-state index is 11.7. The predicted octanol–water partition coefficient (Wildman–Crippen LogP) is 6.23. The van der Waals surface area contributed by atoms with Gasteiger partial charge < -0.3 is 19.5 Å². The van der Waals surface area contributed by atoms with Crippen molar-refractivity contribution >= 4 is 11.6 Å². The highest BCUT2D eigenvalue weighted by Crippen LogP contribution is 2.47. The van der Waals surface area contributed by atoms with Crippen LogP contribution < -0.4 is 9.47 Å². The quantitative estimate of drug-likeness (QED) is 0.392. The molecule has 3 heterocycles. The number of benzene rings is 2. The molecular formula is C31H43ClN2O3. The van der Waals surface area contributed by atoms with Crippen LogP contribution in [0, 0.1) is 13.8 Å². The van der Waals surface area contributed by atoms with Crippen molar-refractivity contribution in [2.45, 2.75) is 89.4 Å². The van der Waals surface area contributed by atoms with Crippen molar-refractivity contribution in [3.8, 4) is 11.5 Å². The van der Waals surface area contributed by atoms with Crippen LogP contribution in [-0.4, -0.2) is 60.3 Å². The summed E-state index contributed by atoms with van der Waals surface area (Å²) in [6.45, 7) is 9.76. The first-order chi connectivity index (χ1) is 17.9. The SMILES string of the molecule is COc1cc(C2(O)CC3CCC(C2)N3Cc2ccc(OCCCN3CCCCC3)c(C)c2C)ccc1Cl. The van der Waals surface area contributed by atoms with Gasteiger partial charge in [0.15, 0.2) is 0 Å². The highest BCUT2D eigenvalue weighted by Gasteiger charge is 2.48. The number of rotatable bonds is 9. The smallest absolute Gasteiger partial charge is 0.137 e. The van der Waals surface area contributed by atoms with Crippen molar-refractivity contribution in [3.63, 3.8) is 0 Å². The summed E-state index contributed by atoms with van der Waals surface area (Å²) >= 11 is 6.24. The minimum absolute atomic E-state index is 0.371. The topological polar surface area (TPSA) is 45.2 Å². The molecule has 3 fully saturated rings. The average Bonchev–Trinajstić information content (AvgIpc) is 3.15. The molecule has 3 aliphatic rings. The second kappa shape index (κ2) is 11.5. The van der Waals surface area contributed by atoms with E-state index < -0.39 is 5.60 Å². The third-order valence-electron chi connectivity index (χ3n) is 9.13. The molecule has 0 aliphatic carbocycles. The zero-order valence-electron chi connectivity index (χ0n) is 22.8. The van der Waals surface area contributed by atoms with E-state index in [0.29, 0.717) is 22.9 Å². The number of fused-ring (bicyclic) bond motifs is 2. The summed E-state index contributed by atoms with van der Waals surface area (Å²) in [5.41, 5.74) is 4.03. The summed E-state index contributed by atoms with van der Waals surface area (Å²) in [5.74, 6) is 1.65. The number of hydrogen-bond donors (Lipinski definition) is 1. The number of likely N-dealkylation sites (tertiary alicyclic amines) is 1. The molecule has 2 aromatic rings. The number of hydrogen-bond acceptors (Lipinski definition) is 5. The molecule has 2 atom stereocenters. The van der Waals surface area contributed by atoms with Crippen LogP contribution in [0.5, 0.6) is 11.5 Å². The largest absolute Gasteiger partial charge is 0.495 e. The summed E-state index contributed by atoms with van der Waals surface area (Å²) in [6.07, 6.45) is 8.90. The molecule has 0 radical (unpaired) electrons. The van der Waals surface area contributed by atoms with Crippen molar-refractivity contribution in [1.29, 1.82) is 0 Å². The van der Waals surface area contributed by atoms with Gasteiger partial charge in [0.2, 0.25) is 0 Å². The number of methoxy groups -OCH3 is 1. The van der Waals surface area contributed by atoms with Gasteiger partial charge in [-0.2, -0.15) is 0 Å². The molecule has 37 heavy (non-hydrogen) atoms. The Balaban J connectivity index is 1.20. The molecule has 3 saturated heterocycles. The molecule has 0 spiro atoms. The zero-order valence-corrected chi connectivity index (χ0v) is 23.5. The Morgan fingerprint density at radius 2 is 1.70 bits per heavy atom. The van der Waals surface area contributed by atoms with Crippen molar-refractivity contribution in [3.05, 3.63) is 57.6 Å². The lowest BCUT2D eigenvalue weighted by molar-refractivity contribution is -0.0596. The minimum Gasteiger partial charge on any atom is -0.495 e. The van der Waals surface area contributed by atoms with E-state index in [4.69, 9.17) is 21.1 Å². The number of nitrogens with zero attached hydrogens (tertiary/aromatic N) is 2. The van der Waals surface area contributed by atoms with Crippen LogP contribution in [0.2, 0.25) is 5.02 Å². The van der Waals surface area contributed by atoms with Crippen molar-refractivity contribution in [1.82, 2.24) is 9.80 Å². The van der Waals surface area contributed by atoms with E-state index in [1.165, 1.54) is 49.0 Å². The van der Waals surface area contributed by atoms with E-state index in [1.807, 2.05) is 18.2 Å². The molecule has 2 unspecified atom stereocenters. The van der Waals surface area contributed by atoms with E-state index in [2.05, 4.69) is 35.8 Å². The summed E-state index contributed by atoms with van der Waals surface area (Å²) in [5, 5.41) is 12.3. The van der Waals surface area contributed by atoms with Crippen LogP contribution in [0.1, 0.15) is 73.6 Å². The van der Waals surface area contributed by atoms with Crippen LogP contribution in [0.25, 0.3) is 0 Å². The van der Waals surface area contributed by atoms with Gasteiger partial charge in [-0.15, -0.1) is 0 Å². The van der Waals surface area contributed by atoms with Gasteiger partial charge in [0.1, 0.15) is 11.5 Å². The first-order valence-corrected chi connectivity index (χ1v) is 14.5. The lowest BCUT2D eigenvalue weighted by Crippen LogP contribution is -2.49. The molecule has 3 aliphatic heterocycles. The molecule has 5 nitrogen and oxygen atoms in total. The highest BCUT2D eigenvalue weighted by atomic mass is 35.5. The fraction of sp³-hybridized carbons (Fsp3) is 0.613. The van der Waals surface area contributed by atoms with Gasteiger partial charge >= 0.3 is 0 Å². The monoisotopic (exact) mass is 526 g/mol. The van der Waals surface area contributed by atoms with Crippen molar-refractivity contribution in [2.75, 3.05) is 33.4 Å². The molecule has 6 heteroatoms. The van der Waals surface area contributed by atoms with E-state index in [-0.39, 0.29) is 0 Å². The number of piperidine rings is 2. The van der Waals surface area contributed by atoms with Crippen LogP contribution in [0.4, 0.5) is 0 Å². The maximum atomic E-state index is 11.7. The molecule has 0 aromatic heterocycles. The number of halogens is 1. The highest BCUT2D eigenvalue weighted by molar-refractivity contribution is 6.32. The van der Waals surface area contributed by atoms with Crippen molar-refractivity contribution in [2.24, 2.45) is 0 Å². The second-order valence-corrected chi connectivity index (χ2v) is 11.8. The lowest BCUT2D eigenvalue weighted by atomic mass is 9.80. The number of aliphatic hydroxyl groups is 1. The first kappa shape index (κ1) is 26.8. The standard InChI is InChI=1S/C31H43ClN2O3/c1-22-23(2)29(37-17-7-16-33-14-5-4-6-15-33)13-8-24(22)21-34-26-10-11-27(34)20-31(35,19-26)25-9-12-28(32)30(18-25)36-3/h8-9,12-13,18,26-27,35H,4-7,10-11,14-17,19-21H2,1-3H3. The van der Waals surface area contributed by atoms with Gasteiger partial charge in [0, 0.05) is 25.2 Å². The van der Waals surface area contributed by atoms with Gasteiger partial charge in [0.25, 0.3) is 0 Å². The Hall–Kier alpha value is -1.79. The van der Waals surface area contributed by atoms with E-state index in [9.17, 15) is 5.11 Å². The van der Waals surface area contributed by atoms with Gasteiger partial charge in [-0.1, -0.05) is 30.2 Å². The third-order valence-corrected chi connectivity index (χ3v) is 9.45. The van der Waals surface area contributed by atoms with Crippen LogP contribution in [0.15, 0.2) is 30.3 Å². The molecule has 5 rings (SSSR count). The molecule has 0 amide bonds. The van der Waals surface area contributed by atoms with E-state index in [0.717, 1.165) is 63.1 Å². The van der Waals surface area contributed by atoms with Gasteiger partial charge in [-0.05, 0) is 112 Å². The van der Waals surface area contributed by atoms with Crippen LogP contribution in [0.3, 0.4) is 0 Å². The molecule has 2 bridgehead atoms. The van der Waals surface area contributed by atoms with Gasteiger partial charge in [-0.3, -0.25) is 4.90 Å². The molecule has 0 saturated carbocycles. The summed E-state index contributed by atoms with van der Waals surface area (Å²) < 4.78 is 11.6. The number of ether oxygens (including phenoxy) is 2. The Bertz CT molecular complexity index is 1070. The Morgan fingerprint density at radius 3 is 2.41 bits per heavy atom. The Labute approximate surface area is 227 Å². The summed E-state index contributed by atoms with van der Waals surface area (Å²) in [7, 11) is 1.62. The predicted molar refractivity (Wildman–Crippen MR) is 150 cm³/mol. The van der Waals surface area contributed by atoms with E-state index >= 15 is 0 Å². The Morgan fingerprint density at radius 1 is 0.973 bits per heavy atom. The molecule has 202 valence electrons. The molecule has 2 aromatic carbocycles. The van der Waals surface area contributed by atoms with Crippen LogP contribution in [-0.2, 0) is 12.1 Å². The zero-order chi connectivity index (χ0) is 26.0. The fourth-order valence-electron chi connectivity index (χ4n) is 6.79. The van der Waals surface area contributed by atoms with E-state index in [1.54, 1.807) is 7.11 Å². The van der Waals surface area contributed by atoms with Gasteiger partial charge in [-0.25, -0.2) is 0 Å². The first-order valence-electron chi connectivity index (χ1n) is 14.1. The molecule has 1 N–H and O–H groups in total. The van der Waals surface area contributed by atoms with Crippen LogP contribution >= 0.6 is 11.6 Å². The second-order valence-electron chi connectivity index (χ2n) is 11.4. The van der Waals surface area contributed by atoms with Gasteiger partial charge in [0.05, 0.1) is 24.3 Å². The normalized spacial score (nSPS) is 26.4. The lowest BCUT2D eigenvalue weighted by Gasteiger charge is -2.44. The van der Waals surface area contributed by atoms with Crippen molar-refractivity contribution < 1.29 is 14.6 Å². The fourth-order valence-corrected chi connectivity index (χ4v) is 6.98. The Kier molecular flexibility index (Phi) is 8.35. The summed E-state index contributed by atoms with van der Waals surface area (Å²) in [6, 6.07) is 10.9. The third kappa shape index (κ3) is 5.80. The molecular weight excluding hydrogens is 484 g/mol. The maximum Gasteiger partial charge on any atom is 0.137 e. The summed E-state index contributed by atoms with van der Waals surface area (Å²) in [4.78, 5) is 5.20.